The second-order valence-corrected chi connectivity index (χ2v) is 6.43. The summed E-state index contributed by atoms with van der Waals surface area (Å²) in [4.78, 5) is 26.1. The molecule has 25 heavy (non-hydrogen) atoms. The number of nitrogens with zero attached hydrogens (tertiary/aromatic N) is 1. The van der Waals surface area contributed by atoms with Gasteiger partial charge in [-0.15, -0.1) is 0 Å². The van der Waals surface area contributed by atoms with Crippen LogP contribution in [0.3, 0.4) is 0 Å². The van der Waals surface area contributed by atoms with E-state index < -0.39 is 11.8 Å². The first-order valence-corrected chi connectivity index (χ1v) is 8.58. The highest BCUT2D eigenvalue weighted by molar-refractivity contribution is 6.39. The third-order valence-electron chi connectivity index (χ3n) is 4.48. The highest BCUT2D eigenvalue weighted by atomic mass is 16.3. The first kappa shape index (κ1) is 17.1. The van der Waals surface area contributed by atoms with Crippen LogP contribution in [0, 0.1) is 5.92 Å². The van der Waals surface area contributed by atoms with E-state index in [0.29, 0.717) is 11.4 Å². The topological polar surface area (TPSA) is 74.6 Å². The minimum Gasteiger partial charge on any atom is -0.467 e. The summed E-state index contributed by atoms with van der Waals surface area (Å²) in [6.07, 6.45) is 3.93. The molecule has 0 spiro atoms. The number of nitrogens with one attached hydrogen (secondary N) is 2. The molecule has 3 rings (SSSR count). The van der Waals surface area contributed by atoms with E-state index in [1.54, 1.807) is 12.1 Å². The lowest BCUT2D eigenvalue weighted by molar-refractivity contribution is -0.136. The van der Waals surface area contributed by atoms with Crippen molar-refractivity contribution >= 4 is 23.2 Å². The van der Waals surface area contributed by atoms with Gasteiger partial charge in [-0.05, 0) is 55.2 Å². The molecule has 1 aliphatic heterocycles. The van der Waals surface area contributed by atoms with Crippen molar-refractivity contribution in [3.63, 3.8) is 0 Å². The van der Waals surface area contributed by atoms with Crippen molar-refractivity contribution in [1.29, 1.82) is 0 Å². The number of rotatable bonds is 4. The van der Waals surface area contributed by atoms with E-state index in [9.17, 15) is 9.59 Å². The van der Waals surface area contributed by atoms with Crippen molar-refractivity contribution in [3.8, 4) is 0 Å². The average Bonchev–Trinajstić information content (AvgIpc) is 3.14. The summed E-state index contributed by atoms with van der Waals surface area (Å²) in [5, 5.41) is 5.13. The van der Waals surface area contributed by atoms with Crippen LogP contribution in [0.25, 0.3) is 0 Å². The summed E-state index contributed by atoms with van der Waals surface area (Å²) in [5.41, 5.74) is 1.75. The zero-order valence-corrected chi connectivity index (χ0v) is 14.3. The third-order valence-corrected chi connectivity index (χ3v) is 4.48. The molecule has 6 nitrogen and oxygen atoms in total. The van der Waals surface area contributed by atoms with Crippen LogP contribution in [0.2, 0.25) is 0 Å². The molecule has 0 unspecified atom stereocenters. The first-order valence-electron chi connectivity index (χ1n) is 8.58. The Morgan fingerprint density at radius 1 is 1.12 bits per heavy atom. The maximum atomic E-state index is 11.9. The van der Waals surface area contributed by atoms with Crippen LogP contribution in [-0.2, 0) is 16.1 Å². The van der Waals surface area contributed by atoms with Crippen molar-refractivity contribution in [2.45, 2.75) is 26.3 Å². The zero-order chi connectivity index (χ0) is 17.6. The number of carbonyl (C=O) groups excluding carboxylic acids is 2. The van der Waals surface area contributed by atoms with Gasteiger partial charge in [-0.25, -0.2) is 0 Å². The quantitative estimate of drug-likeness (QED) is 0.839. The fourth-order valence-corrected chi connectivity index (χ4v) is 2.87. The molecule has 0 aliphatic carbocycles. The monoisotopic (exact) mass is 341 g/mol. The van der Waals surface area contributed by atoms with Crippen LogP contribution in [0.4, 0.5) is 11.4 Å². The number of hydrogen-bond acceptors (Lipinski definition) is 4. The normalized spacial score (nSPS) is 15.0. The molecule has 2 amide bonds. The first-order chi connectivity index (χ1) is 12.1. The van der Waals surface area contributed by atoms with Crippen molar-refractivity contribution in [2.24, 2.45) is 5.92 Å². The van der Waals surface area contributed by atoms with E-state index in [4.69, 9.17) is 4.42 Å². The van der Waals surface area contributed by atoms with E-state index in [1.807, 2.05) is 24.3 Å². The SMILES string of the molecule is CC1CCN(c2ccc(NC(=O)C(=O)NCc3ccco3)cc2)CC1. The molecule has 1 aliphatic rings. The zero-order valence-electron chi connectivity index (χ0n) is 14.3. The molecular formula is C19H23N3O3. The Balaban J connectivity index is 1.50. The van der Waals surface area contributed by atoms with Gasteiger partial charge < -0.3 is 20.0 Å². The molecule has 132 valence electrons. The van der Waals surface area contributed by atoms with E-state index in [1.165, 1.54) is 19.1 Å². The van der Waals surface area contributed by atoms with Crippen molar-refractivity contribution in [2.75, 3.05) is 23.3 Å². The third kappa shape index (κ3) is 4.62. The summed E-state index contributed by atoms with van der Waals surface area (Å²) in [6.45, 7) is 4.59. The Morgan fingerprint density at radius 2 is 1.84 bits per heavy atom. The summed E-state index contributed by atoms with van der Waals surface area (Å²) in [5.74, 6) is 0.00690. The molecule has 1 saturated heterocycles. The fraction of sp³-hybridized carbons (Fsp3) is 0.368. The number of carbonyl (C=O) groups is 2. The summed E-state index contributed by atoms with van der Waals surface area (Å²) >= 11 is 0. The Kier molecular flexibility index (Phi) is 5.38. The Labute approximate surface area is 147 Å². The maximum Gasteiger partial charge on any atom is 0.313 e. The largest absolute Gasteiger partial charge is 0.467 e. The van der Waals surface area contributed by atoms with Crippen molar-refractivity contribution < 1.29 is 14.0 Å². The summed E-state index contributed by atoms with van der Waals surface area (Å²) in [7, 11) is 0. The Hall–Kier alpha value is -2.76. The molecule has 0 saturated carbocycles. The summed E-state index contributed by atoms with van der Waals surface area (Å²) < 4.78 is 5.11. The van der Waals surface area contributed by atoms with Gasteiger partial charge in [-0.1, -0.05) is 6.92 Å². The van der Waals surface area contributed by atoms with Gasteiger partial charge in [0.05, 0.1) is 12.8 Å². The lowest BCUT2D eigenvalue weighted by Gasteiger charge is -2.32. The number of benzene rings is 1. The van der Waals surface area contributed by atoms with Gasteiger partial charge in [0.1, 0.15) is 5.76 Å². The Bertz CT molecular complexity index is 702. The fourth-order valence-electron chi connectivity index (χ4n) is 2.87. The highest BCUT2D eigenvalue weighted by Crippen LogP contribution is 2.24. The molecule has 1 aromatic heterocycles. The van der Waals surface area contributed by atoms with Crippen LogP contribution in [0.1, 0.15) is 25.5 Å². The summed E-state index contributed by atoms with van der Waals surface area (Å²) in [6, 6.07) is 11.1. The smallest absolute Gasteiger partial charge is 0.313 e. The van der Waals surface area contributed by atoms with Crippen LogP contribution in [0.5, 0.6) is 0 Å². The molecule has 2 N–H and O–H groups in total. The molecular weight excluding hydrogens is 318 g/mol. The molecule has 0 radical (unpaired) electrons. The Morgan fingerprint density at radius 3 is 2.48 bits per heavy atom. The standard InChI is InChI=1S/C19H23N3O3/c1-14-8-10-22(11-9-14)16-6-4-15(5-7-16)21-19(24)18(23)20-13-17-3-2-12-25-17/h2-7,12,14H,8-11,13H2,1H3,(H,20,23)(H,21,24). The van der Waals surface area contributed by atoms with E-state index >= 15 is 0 Å². The van der Waals surface area contributed by atoms with Gasteiger partial charge >= 0.3 is 11.8 Å². The minimum absolute atomic E-state index is 0.186. The lowest BCUT2D eigenvalue weighted by atomic mass is 9.99. The van der Waals surface area contributed by atoms with Crippen LogP contribution < -0.4 is 15.5 Å². The number of piperidine rings is 1. The molecule has 6 heteroatoms. The number of anilines is 2. The van der Waals surface area contributed by atoms with Crippen molar-refractivity contribution in [3.05, 3.63) is 48.4 Å². The second-order valence-electron chi connectivity index (χ2n) is 6.43. The van der Waals surface area contributed by atoms with Crippen LogP contribution in [-0.4, -0.2) is 24.9 Å². The minimum atomic E-state index is -0.689. The second kappa shape index (κ2) is 7.88. The molecule has 1 aromatic carbocycles. The van der Waals surface area contributed by atoms with Gasteiger partial charge in [-0.2, -0.15) is 0 Å². The van der Waals surface area contributed by atoms with Crippen molar-refractivity contribution in [1.82, 2.24) is 5.32 Å². The number of hydrogen-bond donors (Lipinski definition) is 2. The predicted octanol–water partition coefficient (Wildman–Crippen LogP) is 2.77. The molecule has 0 bridgehead atoms. The number of furan rings is 1. The lowest BCUT2D eigenvalue weighted by Crippen LogP contribution is -2.35. The van der Waals surface area contributed by atoms with E-state index in [-0.39, 0.29) is 6.54 Å². The van der Waals surface area contributed by atoms with Gasteiger partial charge in [0.15, 0.2) is 0 Å². The van der Waals surface area contributed by atoms with Gasteiger partial charge in [0, 0.05) is 24.5 Å². The van der Waals surface area contributed by atoms with Crippen LogP contribution >= 0.6 is 0 Å². The molecule has 2 heterocycles. The molecule has 0 atom stereocenters. The molecule has 1 fully saturated rings. The predicted molar refractivity (Wildman–Crippen MR) is 96.2 cm³/mol. The average molecular weight is 341 g/mol. The van der Waals surface area contributed by atoms with E-state index in [0.717, 1.165) is 24.7 Å². The van der Waals surface area contributed by atoms with Crippen LogP contribution in [0.15, 0.2) is 47.1 Å². The molecule has 2 aromatic rings. The van der Waals surface area contributed by atoms with E-state index in [2.05, 4.69) is 22.5 Å². The number of amides is 2. The van der Waals surface area contributed by atoms with Gasteiger partial charge in [-0.3, -0.25) is 9.59 Å². The van der Waals surface area contributed by atoms with Gasteiger partial charge in [0.25, 0.3) is 0 Å². The van der Waals surface area contributed by atoms with Gasteiger partial charge in [0.2, 0.25) is 0 Å². The maximum absolute atomic E-state index is 11.9. The highest BCUT2D eigenvalue weighted by Gasteiger charge is 2.17.